The van der Waals surface area contributed by atoms with Crippen LogP contribution in [0.1, 0.15) is 33.3 Å². The van der Waals surface area contributed by atoms with E-state index in [4.69, 9.17) is 4.65 Å². The van der Waals surface area contributed by atoms with Gasteiger partial charge >= 0.3 is 7.12 Å². The van der Waals surface area contributed by atoms with Crippen molar-refractivity contribution < 1.29 is 24.1 Å². The van der Waals surface area contributed by atoms with Gasteiger partial charge in [0.1, 0.15) is 5.82 Å². The first-order valence-electron chi connectivity index (χ1n) is 6.39. The average molecular weight is 299 g/mol. The summed E-state index contributed by atoms with van der Waals surface area (Å²) in [6, 6.07) is 1.91. The van der Waals surface area contributed by atoms with Gasteiger partial charge in [0.05, 0.1) is 21.6 Å². The van der Waals surface area contributed by atoms with Crippen molar-refractivity contribution in [1.29, 1.82) is 0 Å². The Balaban J connectivity index is 3.22. The molecule has 1 aromatic carbocycles. The summed E-state index contributed by atoms with van der Waals surface area (Å²) in [4.78, 5) is 10.3. The van der Waals surface area contributed by atoms with E-state index < -0.39 is 34.7 Å². The minimum Gasteiger partial charge on any atom is -0.423 e. The highest BCUT2D eigenvalue weighted by molar-refractivity contribution is 6.61. The molecular formula is C13H19BFNO5. The maximum atomic E-state index is 13.6. The molecule has 0 radical (unpaired) electrons. The maximum Gasteiger partial charge on any atom is 0.498 e. The van der Waals surface area contributed by atoms with Gasteiger partial charge in [0.2, 0.25) is 0 Å². The minimum atomic E-state index is -1.73. The second-order valence-electron chi connectivity index (χ2n) is 5.96. The molecule has 0 atom stereocenters. The largest absolute Gasteiger partial charge is 0.498 e. The van der Waals surface area contributed by atoms with Crippen LogP contribution in [0.5, 0.6) is 0 Å². The van der Waals surface area contributed by atoms with E-state index in [1.54, 1.807) is 0 Å². The van der Waals surface area contributed by atoms with E-state index in [2.05, 4.69) is 0 Å². The minimum absolute atomic E-state index is 0.0967. The van der Waals surface area contributed by atoms with Crippen molar-refractivity contribution in [3.8, 4) is 0 Å². The number of nitro benzene ring substituents is 1. The van der Waals surface area contributed by atoms with E-state index >= 15 is 0 Å². The number of nitrogens with zero attached hydrogens (tertiary/aromatic N) is 1. The molecule has 21 heavy (non-hydrogen) atoms. The highest BCUT2D eigenvalue weighted by atomic mass is 19.1. The lowest BCUT2D eigenvalue weighted by Gasteiger charge is -2.38. The molecule has 0 unspecified atom stereocenters. The summed E-state index contributed by atoms with van der Waals surface area (Å²) in [5, 5.41) is 31.1. The molecule has 0 saturated heterocycles. The molecule has 1 rings (SSSR count). The molecule has 0 heterocycles. The zero-order valence-corrected chi connectivity index (χ0v) is 12.7. The number of aliphatic hydroxyl groups is 1. The molecular weight excluding hydrogens is 280 g/mol. The van der Waals surface area contributed by atoms with Gasteiger partial charge in [0, 0.05) is 6.07 Å². The van der Waals surface area contributed by atoms with Crippen LogP contribution in [0.25, 0.3) is 0 Å². The fourth-order valence-corrected chi connectivity index (χ4v) is 1.52. The van der Waals surface area contributed by atoms with Crippen LogP contribution in [0.15, 0.2) is 12.1 Å². The van der Waals surface area contributed by atoms with Crippen LogP contribution in [0, 0.1) is 22.9 Å². The molecule has 0 aliphatic heterocycles. The van der Waals surface area contributed by atoms with Crippen LogP contribution in [0.3, 0.4) is 0 Å². The quantitative estimate of drug-likeness (QED) is 0.485. The number of hydrogen-bond donors (Lipinski definition) is 2. The molecule has 0 spiro atoms. The predicted octanol–water partition coefficient (Wildman–Crippen LogP) is 1.30. The smallest absolute Gasteiger partial charge is 0.423 e. The van der Waals surface area contributed by atoms with Crippen LogP contribution in [-0.4, -0.2) is 33.4 Å². The summed E-state index contributed by atoms with van der Waals surface area (Å²) >= 11 is 0. The first kappa shape index (κ1) is 17.5. The summed E-state index contributed by atoms with van der Waals surface area (Å²) < 4.78 is 18.9. The highest BCUT2D eigenvalue weighted by Crippen LogP contribution is 2.26. The van der Waals surface area contributed by atoms with Crippen molar-refractivity contribution in [1.82, 2.24) is 0 Å². The molecule has 2 N–H and O–H groups in total. The van der Waals surface area contributed by atoms with Gasteiger partial charge in [-0.05, 0) is 46.2 Å². The average Bonchev–Trinajstić information content (AvgIpc) is 2.29. The van der Waals surface area contributed by atoms with Gasteiger partial charge in [-0.25, -0.2) is 4.39 Å². The van der Waals surface area contributed by atoms with Crippen molar-refractivity contribution in [3.05, 3.63) is 33.6 Å². The van der Waals surface area contributed by atoms with Gasteiger partial charge in [-0.3, -0.25) is 10.1 Å². The van der Waals surface area contributed by atoms with Crippen LogP contribution in [0.2, 0.25) is 0 Å². The van der Waals surface area contributed by atoms with Gasteiger partial charge < -0.3 is 14.8 Å². The van der Waals surface area contributed by atoms with Gasteiger partial charge in [-0.2, -0.15) is 0 Å². The van der Waals surface area contributed by atoms with Gasteiger partial charge in [-0.1, -0.05) is 0 Å². The summed E-state index contributed by atoms with van der Waals surface area (Å²) in [7, 11) is -1.73. The second-order valence-corrected chi connectivity index (χ2v) is 5.96. The Morgan fingerprint density at radius 3 is 2.29 bits per heavy atom. The number of benzene rings is 1. The standard InChI is InChI=1S/C13H19BFNO5/c1-8-6-11(16(19)20)9(7-10(8)15)14(18)21-13(4,5)12(2,3)17/h6-7,17-18H,1-5H3. The van der Waals surface area contributed by atoms with Crippen LogP contribution in [0.4, 0.5) is 10.1 Å². The Labute approximate surface area is 122 Å². The topological polar surface area (TPSA) is 92.8 Å². The number of rotatable bonds is 5. The van der Waals surface area contributed by atoms with Crippen molar-refractivity contribution in [2.45, 2.75) is 45.8 Å². The van der Waals surface area contributed by atoms with E-state index in [9.17, 15) is 24.6 Å². The molecule has 1 aromatic rings. The zero-order chi connectivity index (χ0) is 16.6. The monoisotopic (exact) mass is 299 g/mol. The third kappa shape index (κ3) is 3.78. The number of halogens is 1. The molecule has 6 nitrogen and oxygen atoms in total. The summed E-state index contributed by atoms with van der Waals surface area (Å²) in [6.45, 7) is 7.38. The lowest BCUT2D eigenvalue weighted by atomic mass is 9.75. The Kier molecular flexibility index (Phi) is 4.77. The number of aryl methyl sites for hydroxylation is 1. The lowest BCUT2D eigenvalue weighted by molar-refractivity contribution is -0.383. The van der Waals surface area contributed by atoms with E-state index in [0.717, 1.165) is 12.1 Å². The van der Waals surface area contributed by atoms with Gasteiger partial charge in [0.25, 0.3) is 5.69 Å². The molecule has 0 aliphatic rings. The van der Waals surface area contributed by atoms with Crippen LogP contribution < -0.4 is 5.46 Å². The highest BCUT2D eigenvalue weighted by Gasteiger charge is 2.41. The molecule has 0 amide bonds. The fraction of sp³-hybridized carbons (Fsp3) is 0.538. The predicted molar refractivity (Wildman–Crippen MR) is 76.9 cm³/mol. The first-order chi connectivity index (χ1) is 9.36. The third-order valence-electron chi connectivity index (χ3n) is 3.65. The van der Waals surface area contributed by atoms with E-state index in [-0.39, 0.29) is 11.0 Å². The summed E-state index contributed by atoms with van der Waals surface area (Å²) in [5.74, 6) is -0.681. The van der Waals surface area contributed by atoms with Gasteiger partial charge in [0.15, 0.2) is 0 Å². The third-order valence-corrected chi connectivity index (χ3v) is 3.65. The molecule has 0 aromatic heterocycles. The number of hydrogen-bond acceptors (Lipinski definition) is 5. The Bertz CT molecular complexity index is 556. The normalized spacial score (nSPS) is 12.4. The molecule has 0 bridgehead atoms. The first-order valence-corrected chi connectivity index (χ1v) is 6.39. The van der Waals surface area contributed by atoms with E-state index in [0.29, 0.717) is 0 Å². The Hall–Kier alpha value is -1.51. The Morgan fingerprint density at radius 1 is 1.33 bits per heavy atom. The van der Waals surface area contributed by atoms with Crippen molar-refractivity contribution in [2.75, 3.05) is 0 Å². The molecule has 0 saturated carbocycles. The fourth-order valence-electron chi connectivity index (χ4n) is 1.52. The maximum absolute atomic E-state index is 13.6. The second kappa shape index (κ2) is 5.71. The summed E-state index contributed by atoms with van der Waals surface area (Å²) in [5.41, 5.74) is -3.15. The molecule has 8 heteroatoms. The Morgan fingerprint density at radius 2 is 1.86 bits per heavy atom. The lowest BCUT2D eigenvalue weighted by Crippen LogP contribution is -2.53. The van der Waals surface area contributed by atoms with Crippen molar-refractivity contribution in [2.24, 2.45) is 0 Å². The van der Waals surface area contributed by atoms with E-state index in [1.165, 1.54) is 34.6 Å². The van der Waals surface area contributed by atoms with Gasteiger partial charge in [-0.15, -0.1) is 0 Å². The van der Waals surface area contributed by atoms with Crippen LogP contribution in [-0.2, 0) is 4.65 Å². The molecule has 0 fully saturated rings. The van der Waals surface area contributed by atoms with Crippen molar-refractivity contribution in [3.63, 3.8) is 0 Å². The van der Waals surface area contributed by atoms with Crippen LogP contribution >= 0.6 is 0 Å². The zero-order valence-electron chi connectivity index (χ0n) is 12.7. The molecule has 0 aliphatic carbocycles. The van der Waals surface area contributed by atoms with E-state index in [1.807, 2.05) is 0 Å². The summed E-state index contributed by atoms with van der Waals surface area (Å²) in [6.07, 6.45) is 0. The van der Waals surface area contributed by atoms with Crippen molar-refractivity contribution >= 4 is 18.3 Å². The molecule has 116 valence electrons. The SMILES string of the molecule is Cc1cc([N+](=O)[O-])c(B(O)OC(C)(C)C(C)(C)O)cc1F. The number of nitro groups is 1.